The van der Waals surface area contributed by atoms with Crippen molar-refractivity contribution < 1.29 is 28.2 Å². The molecule has 0 aliphatic carbocycles. The molecule has 1 aliphatic heterocycles. The number of para-hydroxylation sites is 1. The fraction of sp³-hybridized carbons (Fsp3) is 0.250. The van der Waals surface area contributed by atoms with Crippen molar-refractivity contribution >= 4 is 22.1 Å². The average Bonchev–Trinajstić information content (AvgIpc) is 3.32. The minimum atomic E-state index is -3.56. The Balaban J connectivity index is 1.31. The monoisotopic (exact) mass is 507 g/mol. The number of fused-ring (bicyclic) bond motifs is 1. The number of aliphatic hydroxyl groups is 1. The normalized spacial score (nSPS) is 14.6. The molecule has 3 aromatic rings. The molecule has 0 aromatic heterocycles. The Morgan fingerprint density at radius 2 is 1.72 bits per heavy atom. The van der Waals surface area contributed by atoms with E-state index in [4.69, 9.17) is 9.84 Å². The van der Waals surface area contributed by atoms with Gasteiger partial charge in [-0.05, 0) is 46.9 Å². The smallest absolute Gasteiger partial charge is 0.303 e. The van der Waals surface area contributed by atoms with Crippen LogP contribution in [0.15, 0.2) is 83.8 Å². The molecule has 2 N–H and O–H groups in total. The summed E-state index contributed by atoms with van der Waals surface area (Å²) in [6, 6.07) is 21.5. The molecule has 0 bridgehead atoms. The number of carboxylic acid groups (broad SMARTS) is 1. The van der Waals surface area contributed by atoms with E-state index < -0.39 is 22.1 Å². The number of hydrogen-bond acceptors (Lipinski definition) is 5. The highest BCUT2D eigenvalue weighted by Crippen LogP contribution is 2.29. The second kappa shape index (κ2) is 11.5. The molecule has 0 fully saturated rings. The van der Waals surface area contributed by atoms with Crippen molar-refractivity contribution in [2.75, 3.05) is 6.61 Å². The minimum Gasteiger partial charge on any atom is -0.493 e. The molecule has 36 heavy (non-hydrogen) atoms. The highest BCUT2D eigenvalue weighted by Gasteiger charge is 2.30. The van der Waals surface area contributed by atoms with E-state index in [0.29, 0.717) is 31.7 Å². The van der Waals surface area contributed by atoms with Gasteiger partial charge in [0.05, 0.1) is 17.6 Å². The number of hydrogen-bond donors (Lipinski definition) is 2. The van der Waals surface area contributed by atoms with E-state index in [0.717, 1.165) is 22.3 Å². The zero-order chi connectivity index (χ0) is 25.5. The zero-order valence-electron chi connectivity index (χ0n) is 19.8. The molecule has 4 rings (SSSR count). The van der Waals surface area contributed by atoms with Crippen molar-refractivity contribution in [3.63, 3.8) is 0 Å². The highest BCUT2D eigenvalue weighted by molar-refractivity contribution is 7.89. The lowest BCUT2D eigenvalue weighted by molar-refractivity contribution is -0.136. The van der Waals surface area contributed by atoms with E-state index in [1.165, 1.54) is 4.31 Å². The molecule has 1 aliphatic rings. The standard InChI is InChI=1S/C28H29NO6S/c30-25(16-17-35-27-9-5-4-6-22(27)13-15-28(31)32)14-11-21-10-12-23-19-29(20-24(23)18-21)36(33,34)26-7-2-1-3-8-26/h1-12,14,18,25,30H,13,15-17,19-20H2,(H,31,32)/b14-11+. The molecule has 7 nitrogen and oxygen atoms in total. The van der Waals surface area contributed by atoms with Crippen LogP contribution in [-0.2, 0) is 34.3 Å². The van der Waals surface area contributed by atoms with E-state index in [2.05, 4.69) is 0 Å². The molecule has 0 spiro atoms. The van der Waals surface area contributed by atoms with Gasteiger partial charge in [0, 0.05) is 25.9 Å². The fourth-order valence-electron chi connectivity index (χ4n) is 4.10. The van der Waals surface area contributed by atoms with E-state index in [1.807, 2.05) is 42.5 Å². The number of nitrogens with zero attached hydrogens (tertiary/aromatic N) is 1. The van der Waals surface area contributed by atoms with Gasteiger partial charge < -0.3 is 14.9 Å². The Hall–Kier alpha value is -3.46. The van der Waals surface area contributed by atoms with Gasteiger partial charge in [-0.2, -0.15) is 4.31 Å². The van der Waals surface area contributed by atoms with E-state index in [9.17, 15) is 18.3 Å². The van der Waals surface area contributed by atoms with E-state index >= 15 is 0 Å². The molecule has 1 unspecified atom stereocenters. The van der Waals surface area contributed by atoms with Gasteiger partial charge in [-0.1, -0.05) is 66.7 Å². The number of rotatable bonds is 11. The zero-order valence-corrected chi connectivity index (χ0v) is 20.6. The Morgan fingerprint density at radius 1 is 1.00 bits per heavy atom. The minimum absolute atomic E-state index is 0.0302. The lowest BCUT2D eigenvalue weighted by Crippen LogP contribution is -2.25. The quantitative estimate of drug-likeness (QED) is 0.402. The number of carbonyl (C=O) groups is 1. The van der Waals surface area contributed by atoms with Crippen molar-refractivity contribution in [1.29, 1.82) is 0 Å². The van der Waals surface area contributed by atoms with Crippen molar-refractivity contribution in [3.8, 4) is 5.75 Å². The molecule has 0 saturated heterocycles. The summed E-state index contributed by atoms with van der Waals surface area (Å²) in [7, 11) is -3.56. The molecule has 0 amide bonds. The number of benzene rings is 3. The Bertz CT molecular complexity index is 1340. The summed E-state index contributed by atoms with van der Waals surface area (Å²) < 4.78 is 33.1. The van der Waals surface area contributed by atoms with Crippen LogP contribution in [0.2, 0.25) is 0 Å². The van der Waals surface area contributed by atoms with Crippen LogP contribution in [0.3, 0.4) is 0 Å². The van der Waals surface area contributed by atoms with Crippen LogP contribution in [0.25, 0.3) is 6.08 Å². The lowest BCUT2D eigenvalue weighted by Gasteiger charge is -2.15. The first-order valence-electron chi connectivity index (χ1n) is 11.8. The molecule has 0 radical (unpaired) electrons. The highest BCUT2D eigenvalue weighted by atomic mass is 32.2. The summed E-state index contributed by atoms with van der Waals surface area (Å²) in [6.07, 6.45) is 3.57. The number of ether oxygens (including phenoxy) is 1. The first-order chi connectivity index (χ1) is 17.3. The third-order valence-electron chi connectivity index (χ3n) is 6.07. The topological polar surface area (TPSA) is 104 Å². The Labute approximate surface area is 211 Å². The van der Waals surface area contributed by atoms with Crippen molar-refractivity contribution in [3.05, 3.63) is 101 Å². The van der Waals surface area contributed by atoms with Crippen molar-refractivity contribution in [1.82, 2.24) is 4.31 Å². The van der Waals surface area contributed by atoms with Crippen LogP contribution in [0.4, 0.5) is 0 Å². The summed E-state index contributed by atoms with van der Waals surface area (Å²) >= 11 is 0. The summed E-state index contributed by atoms with van der Waals surface area (Å²) in [4.78, 5) is 11.1. The maximum absolute atomic E-state index is 12.9. The number of aryl methyl sites for hydroxylation is 1. The van der Waals surface area contributed by atoms with Crippen LogP contribution < -0.4 is 4.74 Å². The molecular weight excluding hydrogens is 478 g/mol. The number of carboxylic acids is 1. The van der Waals surface area contributed by atoms with Crippen LogP contribution in [-0.4, -0.2) is 41.6 Å². The van der Waals surface area contributed by atoms with Crippen LogP contribution in [0, 0.1) is 0 Å². The SMILES string of the molecule is O=C(O)CCc1ccccc1OCCC(O)/C=C/c1ccc2c(c1)CN(S(=O)(=O)c1ccccc1)C2. The predicted molar refractivity (Wildman–Crippen MR) is 137 cm³/mol. The second-order valence-corrected chi connectivity index (χ2v) is 10.6. The molecule has 0 saturated carbocycles. The van der Waals surface area contributed by atoms with Gasteiger partial charge in [-0.15, -0.1) is 0 Å². The molecule has 188 valence electrons. The first-order valence-corrected chi connectivity index (χ1v) is 13.2. The summed E-state index contributed by atoms with van der Waals surface area (Å²) in [5.74, 6) is -0.231. The molecule has 8 heteroatoms. The predicted octanol–water partition coefficient (Wildman–Crippen LogP) is 4.25. The molecule has 1 atom stereocenters. The van der Waals surface area contributed by atoms with Gasteiger partial charge in [0.15, 0.2) is 0 Å². The van der Waals surface area contributed by atoms with Crippen molar-refractivity contribution in [2.45, 2.75) is 43.4 Å². The van der Waals surface area contributed by atoms with Gasteiger partial charge in [0.25, 0.3) is 0 Å². The lowest BCUT2D eigenvalue weighted by atomic mass is 10.1. The number of aliphatic hydroxyl groups excluding tert-OH is 1. The Morgan fingerprint density at radius 3 is 2.50 bits per heavy atom. The van der Waals surface area contributed by atoms with Crippen LogP contribution in [0.1, 0.15) is 35.1 Å². The summed E-state index contributed by atoms with van der Waals surface area (Å²) in [6.45, 7) is 0.933. The molecular formula is C28H29NO6S. The van der Waals surface area contributed by atoms with Gasteiger partial charge in [-0.25, -0.2) is 8.42 Å². The third-order valence-corrected chi connectivity index (χ3v) is 7.87. The summed E-state index contributed by atoms with van der Waals surface area (Å²) in [5, 5.41) is 19.3. The Kier molecular flexibility index (Phi) is 8.20. The number of aliphatic carboxylic acids is 1. The summed E-state index contributed by atoms with van der Waals surface area (Å²) in [5.41, 5.74) is 3.63. The van der Waals surface area contributed by atoms with Gasteiger partial charge in [-0.3, -0.25) is 4.79 Å². The van der Waals surface area contributed by atoms with E-state index in [1.54, 1.807) is 42.5 Å². The van der Waals surface area contributed by atoms with Crippen LogP contribution >= 0.6 is 0 Å². The molecule has 1 heterocycles. The van der Waals surface area contributed by atoms with Gasteiger partial charge >= 0.3 is 5.97 Å². The first kappa shape index (κ1) is 25.6. The van der Waals surface area contributed by atoms with Crippen LogP contribution in [0.5, 0.6) is 5.75 Å². The number of sulfonamides is 1. The van der Waals surface area contributed by atoms with Crippen molar-refractivity contribution in [2.24, 2.45) is 0 Å². The van der Waals surface area contributed by atoms with Gasteiger partial charge in [0.1, 0.15) is 5.75 Å². The largest absolute Gasteiger partial charge is 0.493 e. The molecule has 3 aromatic carbocycles. The fourth-order valence-corrected chi connectivity index (χ4v) is 5.52. The maximum Gasteiger partial charge on any atom is 0.303 e. The third kappa shape index (κ3) is 6.40. The van der Waals surface area contributed by atoms with E-state index in [-0.39, 0.29) is 17.9 Å². The maximum atomic E-state index is 12.9. The average molecular weight is 508 g/mol. The van der Waals surface area contributed by atoms with Gasteiger partial charge in [0.2, 0.25) is 10.0 Å². The second-order valence-electron chi connectivity index (χ2n) is 8.68.